The maximum atomic E-state index is 12.1. The van der Waals surface area contributed by atoms with Crippen molar-refractivity contribution in [1.29, 1.82) is 0 Å². The van der Waals surface area contributed by atoms with Crippen LogP contribution in [0.15, 0.2) is 21.6 Å². The van der Waals surface area contributed by atoms with Gasteiger partial charge in [0.2, 0.25) is 10.0 Å². The van der Waals surface area contributed by atoms with Gasteiger partial charge in [0.25, 0.3) is 0 Å². The lowest BCUT2D eigenvalue weighted by molar-refractivity contribution is 0.479. The van der Waals surface area contributed by atoms with E-state index < -0.39 is 10.0 Å². The number of sulfonamides is 1. The Hall–Kier alpha value is -0.660. The second-order valence-electron chi connectivity index (χ2n) is 4.07. The Morgan fingerprint density at radius 2 is 2.06 bits per heavy atom. The van der Waals surface area contributed by atoms with E-state index in [2.05, 4.69) is 25.6 Å². The van der Waals surface area contributed by atoms with Crippen LogP contribution >= 0.6 is 15.9 Å². The number of anilines is 1. The van der Waals surface area contributed by atoms with E-state index in [4.69, 9.17) is 5.73 Å². The molecule has 3 N–H and O–H groups in total. The van der Waals surface area contributed by atoms with Gasteiger partial charge in [-0.2, -0.15) is 0 Å². The number of halogens is 1. The van der Waals surface area contributed by atoms with Crippen LogP contribution in [-0.2, 0) is 10.0 Å². The molecule has 18 heavy (non-hydrogen) atoms. The molecule has 0 unspecified atom stereocenters. The number of hydrogen-bond acceptors (Lipinski definition) is 4. The molecule has 0 fully saturated rings. The molecule has 0 aliphatic heterocycles. The second-order valence-corrected chi connectivity index (χ2v) is 6.72. The van der Waals surface area contributed by atoms with E-state index in [0.29, 0.717) is 16.9 Å². The minimum absolute atomic E-state index is 0.00949. The summed E-state index contributed by atoms with van der Waals surface area (Å²) >= 11 is 3.19. The van der Waals surface area contributed by atoms with Gasteiger partial charge in [0.05, 0.1) is 0 Å². The van der Waals surface area contributed by atoms with Crippen molar-refractivity contribution in [2.24, 2.45) is 5.92 Å². The monoisotopic (exact) mass is 335 g/mol. The van der Waals surface area contributed by atoms with Crippen LogP contribution in [0.2, 0.25) is 0 Å². The van der Waals surface area contributed by atoms with Crippen LogP contribution in [0, 0.1) is 5.92 Å². The number of pyridine rings is 1. The zero-order valence-corrected chi connectivity index (χ0v) is 12.9. The third-order valence-electron chi connectivity index (χ3n) is 2.85. The summed E-state index contributed by atoms with van der Waals surface area (Å²) in [5.41, 5.74) is 5.60. The maximum Gasteiger partial charge on any atom is 0.244 e. The Balaban J connectivity index is 2.89. The number of nitrogen functional groups attached to an aromatic ring is 1. The number of rotatable bonds is 6. The Morgan fingerprint density at radius 3 is 2.61 bits per heavy atom. The molecule has 7 heteroatoms. The number of nitrogens with zero attached hydrogens (tertiary/aromatic N) is 1. The van der Waals surface area contributed by atoms with Crippen molar-refractivity contribution in [3.05, 3.63) is 16.7 Å². The predicted molar refractivity (Wildman–Crippen MR) is 75.6 cm³/mol. The first-order chi connectivity index (χ1) is 8.40. The number of nitrogens with one attached hydrogen (secondary N) is 1. The van der Waals surface area contributed by atoms with E-state index in [9.17, 15) is 8.42 Å². The molecule has 0 aliphatic rings. The highest BCUT2D eigenvalue weighted by molar-refractivity contribution is 9.10. The summed E-state index contributed by atoms with van der Waals surface area (Å²) < 4.78 is 27.3. The van der Waals surface area contributed by atoms with Gasteiger partial charge in [-0.05, 0) is 27.9 Å². The topological polar surface area (TPSA) is 85.1 Å². The second kappa shape index (κ2) is 6.49. The molecule has 0 saturated carbocycles. The van der Waals surface area contributed by atoms with Gasteiger partial charge in [0, 0.05) is 17.2 Å². The van der Waals surface area contributed by atoms with Gasteiger partial charge >= 0.3 is 0 Å². The normalized spacial score (nSPS) is 12.0. The van der Waals surface area contributed by atoms with Crippen LogP contribution in [-0.4, -0.2) is 19.9 Å². The third-order valence-corrected chi connectivity index (χ3v) is 4.74. The van der Waals surface area contributed by atoms with Gasteiger partial charge in [0.1, 0.15) is 10.7 Å². The first-order valence-electron chi connectivity index (χ1n) is 5.81. The van der Waals surface area contributed by atoms with E-state index in [-0.39, 0.29) is 10.7 Å². The molecule has 1 heterocycles. The van der Waals surface area contributed by atoms with Gasteiger partial charge in [-0.25, -0.2) is 18.1 Å². The number of nitrogens with two attached hydrogens (primary N) is 1. The SMILES string of the molecule is CCC(CC)CNS(=O)(=O)c1cc(Br)cnc1N. The lowest BCUT2D eigenvalue weighted by Crippen LogP contribution is -2.29. The van der Waals surface area contributed by atoms with E-state index in [1.807, 2.05) is 13.8 Å². The molecule has 0 aromatic carbocycles. The Kier molecular flexibility index (Phi) is 5.55. The molecule has 0 amide bonds. The molecule has 0 saturated heterocycles. The fourth-order valence-corrected chi connectivity index (χ4v) is 3.23. The van der Waals surface area contributed by atoms with Crippen molar-refractivity contribution in [1.82, 2.24) is 9.71 Å². The minimum Gasteiger partial charge on any atom is -0.383 e. The lowest BCUT2D eigenvalue weighted by Gasteiger charge is -2.14. The van der Waals surface area contributed by atoms with Crippen molar-refractivity contribution in [3.8, 4) is 0 Å². The first kappa shape index (κ1) is 15.4. The highest BCUT2D eigenvalue weighted by Crippen LogP contribution is 2.20. The van der Waals surface area contributed by atoms with Crippen LogP contribution in [0.3, 0.4) is 0 Å². The Bertz CT molecular complexity index is 501. The van der Waals surface area contributed by atoms with Crippen LogP contribution in [0.4, 0.5) is 5.82 Å². The van der Waals surface area contributed by atoms with Crippen LogP contribution in [0.5, 0.6) is 0 Å². The zero-order valence-electron chi connectivity index (χ0n) is 10.5. The van der Waals surface area contributed by atoms with Crippen LogP contribution < -0.4 is 10.5 Å². The average Bonchev–Trinajstić information content (AvgIpc) is 2.33. The third kappa shape index (κ3) is 3.93. The van der Waals surface area contributed by atoms with Gasteiger partial charge in [-0.15, -0.1) is 0 Å². The molecule has 0 radical (unpaired) electrons. The number of aromatic nitrogens is 1. The molecular weight excluding hydrogens is 318 g/mol. The molecule has 1 rings (SSSR count). The molecular formula is C11H18BrN3O2S. The van der Waals surface area contributed by atoms with Gasteiger partial charge in [0.15, 0.2) is 0 Å². The fraction of sp³-hybridized carbons (Fsp3) is 0.545. The Morgan fingerprint density at radius 1 is 1.44 bits per heavy atom. The summed E-state index contributed by atoms with van der Waals surface area (Å²) in [6.07, 6.45) is 3.34. The molecule has 5 nitrogen and oxygen atoms in total. The highest BCUT2D eigenvalue weighted by Gasteiger charge is 2.19. The molecule has 0 bridgehead atoms. The average molecular weight is 336 g/mol. The highest BCUT2D eigenvalue weighted by atomic mass is 79.9. The van der Waals surface area contributed by atoms with Gasteiger partial charge in [-0.1, -0.05) is 26.7 Å². The zero-order chi connectivity index (χ0) is 13.8. The summed E-state index contributed by atoms with van der Waals surface area (Å²) in [6, 6.07) is 1.46. The quantitative estimate of drug-likeness (QED) is 0.833. The van der Waals surface area contributed by atoms with Crippen molar-refractivity contribution >= 4 is 31.8 Å². The molecule has 0 aliphatic carbocycles. The predicted octanol–water partition coefficient (Wildman–Crippen LogP) is 2.14. The molecule has 1 aromatic heterocycles. The van der Waals surface area contributed by atoms with Crippen LogP contribution in [0.1, 0.15) is 26.7 Å². The van der Waals surface area contributed by atoms with Crippen molar-refractivity contribution < 1.29 is 8.42 Å². The summed E-state index contributed by atoms with van der Waals surface area (Å²) in [5, 5.41) is 0. The standard InChI is InChI=1S/C11H18BrN3O2S/c1-3-8(4-2)6-15-18(16,17)10-5-9(12)7-14-11(10)13/h5,7-8,15H,3-4,6H2,1-2H3,(H2,13,14). The van der Waals surface area contributed by atoms with E-state index in [1.54, 1.807) is 0 Å². The number of hydrogen-bond donors (Lipinski definition) is 2. The molecule has 102 valence electrons. The van der Waals surface area contributed by atoms with E-state index >= 15 is 0 Å². The van der Waals surface area contributed by atoms with Gasteiger partial charge in [-0.3, -0.25) is 0 Å². The molecule has 0 atom stereocenters. The van der Waals surface area contributed by atoms with E-state index in [0.717, 1.165) is 12.8 Å². The largest absolute Gasteiger partial charge is 0.383 e. The minimum atomic E-state index is -3.60. The van der Waals surface area contributed by atoms with Crippen molar-refractivity contribution in [2.45, 2.75) is 31.6 Å². The van der Waals surface area contributed by atoms with Crippen molar-refractivity contribution in [2.75, 3.05) is 12.3 Å². The maximum absolute atomic E-state index is 12.1. The summed E-state index contributed by atoms with van der Waals surface area (Å²) in [7, 11) is -3.60. The summed E-state index contributed by atoms with van der Waals surface area (Å²) in [6.45, 7) is 4.50. The van der Waals surface area contributed by atoms with Gasteiger partial charge < -0.3 is 5.73 Å². The first-order valence-corrected chi connectivity index (χ1v) is 8.09. The molecule has 1 aromatic rings. The van der Waals surface area contributed by atoms with Crippen LogP contribution in [0.25, 0.3) is 0 Å². The summed E-state index contributed by atoms with van der Waals surface area (Å²) in [4.78, 5) is 3.84. The van der Waals surface area contributed by atoms with Crippen molar-refractivity contribution in [3.63, 3.8) is 0 Å². The summed E-state index contributed by atoms with van der Waals surface area (Å²) in [5.74, 6) is 0.344. The van der Waals surface area contributed by atoms with E-state index in [1.165, 1.54) is 12.3 Å². The smallest absolute Gasteiger partial charge is 0.244 e. The fourth-order valence-electron chi connectivity index (χ4n) is 1.53. The Labute approximate surface area is 116 Å². The lowest BCUT2D eigenvalue weighted by atomic mass is 10.0. The molecule has 0 spiro atoms.